The van der Waals surface area contributed by atoms with Gasteiger partial charge in [-0.15, -0.1) is 0 Å². The number of fused-ring (bicyclic) bond motifs is 1. The van der Waals surface area contributed by atoms with E-state index in [1.165, 1.54) is 16.9 Å². The van der Waals surface area contributed by atoms with Crippen LogP contribution in [0.3, 0.4) is 0 Å². The molecular weight excluding hydrogens is 488 g/mol. The summed E-state index contributed by atoms with van der Waals surface area (Å²) >= 11 is 0. The lowest BCUT2D eigenvalue weighted by atomic mass is 9.84. The lowest BCUT2D eigenvalue weighted by Crippen LogP contribution is -2.41. The van der Waals surface area contributed by atoms with Crippen molar-refractivity contribution in [2.45, 2.75) is 77.3 Å². The second-order valence-corrected chi connectivity index (χ2v) is 12.1. The molecule has 0 atom stereocenters. The first-order chi connectivity index (χ1) is 18.6. The van der Waals surface area contributed by atoms with E-state index in [0.29, 0.717) is 12.5 Å². The van der Waals surface area contributed by atoms with Gasteiger partial charge in [0.25, 0.3) is 0 Å². The standard InChI is InChI=1S/C32H46N4O3/c1-6-38-22-21-36-28-10-8-7-9-27(28)34-29(36)25-16-19-35(20-17-25)18-15-24-11-13-26(14-12-24)32(4,5)30(37)39-23-31(2,3)33/h7-14,25H,6,15-23,33H2,1-5H3. The predicted molar refractivity (Wildman–Crippen MR) is 157 cm³/mol. The van der Waals surface area contributed by atoms with Crippen molar-refractivity contribution >= 4 is 17.0 Å². The minimum absolute atomic E-state index is 0.204. The number of esters is 1. The first kappa shape index (κ1) is 29.2. The van der Waals surface area contributed by atoms with Crippen molar-refractivity contribution in [1.82, 2.24) is 14.5 Å². The van der Waals surface area contributed by atoms with Crippen LogP contribution >= 0.6 is 0 Å². The van der Waals surface area contributed by atoms with Crippen molar-refractivity contribution < 1.29 is 14.3 Å². The molecule has 212 valence electrons. The number of nitrogens with zero attached hydrogens (tertiary/aromatic N) is 3. The van der Waals surface area contributed by atoms with E-state index in [1.54, 1.807) is 0 Å². The number of carbonyl (C=O) groups is 1. The summed E-state index contributed by atoms with van der Waals surface area (Å²) in [5.41, 5.74) is 9.24. The number of imidazole rings is 1. The first-order valence-corrected chi connectivity index (χ1v) is 14.4. The number of rotatable bonds is 12. The number of para-hydroxylation sites is 2. The van der Waals surface area contributed by atoms with Gasteiger partial charge in [0, 0.05) is 31.2 Å². The van der Waals surface area contributed by atoms with Crippen LogP contribution in [0, 0.1) is 0 Å². The summed E-state index contributed by atoms with van der Waals surface area (Å²) in [6, 6.07) is 16.8. The van der Waals surface area contributed by atoms with Gasteiger partial charge in [-0.05, 0) is 90.2 Å². The molecule has 4 rings (SSSR count). The number of ether oxygens (including phenoxy) is 2. The van der Waals surface area contributed by atoms with Crippen molar-refractivity contribution in [2.24, 2.45) is 5.73 Å². The van der Waals surface area contributed by atoms with Gasteiger partial charge in [-0.2, -0.15) is 0 Å². The molecule has 0 radical (unpaired) electrons. The maximum atomic E-state index is 12.7. The van der Waals surface area contributed by atoms with Crippen molar-refractivity contribution in [1.29, 1.82) is 0 Å². The summed E-state index contributed by atoms with van der Waals surface area (Å²) in [5.74, 6) is 1.44. The largest absolute Gasteiger partial charge is 0.463 e. The molecule has 39 heavy (non-hydrogen) atoms. The quantitative estimate of drug-likeness (QED) is 0.259. The number of likely N-dealkylation sites (tertiary alicyclic amines) is 1. The molecule has 0 aliphatic carbocycles. The van der Waals surface area contributed by atoms with E-state index in [4.69, 9.17) is 20.2 Å². The Labute approximate surface area is 233 Å². The van der Waals surface area contributed by atoms with Crippen LogP contribution in [0.1, 0.15) is 70.3 Å². The first-order valence-electron chi connectivity index (χ1n) is 14.4. The number of benzene rings is 2. The summed E-state index contributed by atoms with van der Waals surface area (Å²) in [7, 11) is 0. The Morgan fingerprint density at radius 2 is 1.72 bits per heavy atom. The van der Waals surface area contributed by atoms with E-state index in [9.17, 15) is 4.79 Å². The molecule has 2 aromatic carbocycles. The molecule has 0 unspecified atom stereocenters. The van der Waals surface area contributed by atoms with Gasteiger partial charge in [0.05, 0.1) is 23.1 Å². The molecule has 2 N–H and O–H groups in total. The summed E-state index contributed by atoms with van der Waals surface area (Å²) in [6.07, 6.45) is 3.23. The zero-order valence-corrected chi connectivity index (χ0v) is 24.4. The van der Waals surface area contributed by atoms with Crippen molar-refractivity contribution in [2.75, 3.05) is 39.5 Å². The molecule has 2 heterocycles. The molecule has 0 bridgehead atoms. The number of nitrogens with two attached hydrogens (primary N) is 1. The van der Waals surface area contributed by atoms with Crippen LogP contribution in [-0.4, -0.2) is 65.4 Å². The third-order valence-corrected chi connectivity index (χ3v) is 7.78. The number of piperidine rings is 1. The minimum atomic E-state index is -0.717. The summed E-state index contributed by atoms with van der Waals surface area (Å²) in [4.78, 5) is 20.3. The van der Waals surface area contributed by atoms with Gasteiger partial charge in [0.2, 0.25) is 0 Å². The van der Waals surface area contributed by atoms with Gasteiger partial charge in [0.1, 0.15) is 12.4 Å². The fourth-order valence-corrected chi connectivity index (χ4v) is 5.28. The molecule has 0 saturated carbocycles. The van der Waals surface area contributed by atoms with Gasteiger partial charge in [-0.25, -0.2) is 4.98 Å². The Hall–Kier alpha value is -2.74. The second kappa shape index (κ2) is 12.6. The monoisotopic (exact) mass is 534 g/mol. The fourth-order valence-electron chi connectivity index (χ4n) is 5.28. The molecule has 1 aromatic heterocycles. The molecule has 7 nitrogen and oxygen atoms in total. The zero-order valence-electron chi connectivity index (χ0n) is 24.4. The van der Waals surface area contributed by atoms with Crippen LogP contribution in [0.5, 0.6) is 0 Å². The zero-order chi connectivity index (χ0) is 28.0. The molecule has 1 fully saturated rings. The van der Waals surface area contributed by atoms with Gasteiger partial charge in [-0.3, -0.25) is 4.79 Å². The van der Waals surface area contributed by atoms with Crippen molar-refractivity contribution in [3.63, 3.8) is 0 Å². The summed E-state index contributed by atoms with van der Waals surface area (Å²) < 4.78 is 13.5. The van der Waals surface area contributed by atoms with Crippen LogP contribution in [0.15, 0.2) is 48.5 Å². The van der Waals surface area contributed by atoms with E-state index in [-0.39, 0.29) is 12.6 Å². The molecule has 3 aromatic rings. The second-order valence-electron chi connectivity index (χ2n) is 12.1. The van der Waals surface area contributed by atoms with E-state index in [2.05, 4.69) is 58.0 Å². The highest BCUT2D eigenvalue weighted by molar-refractivity contribution is 5.82. The summed E-state index contributed by atoms with van der Waals surface area (Å²) in [6.45, 7) is 15.2. The van der Waals surface area contributed by atoms with Gasteiger partial charge in [-0.1, -0.05) is 36.4 Å². The fraction of sp³-hybridized carbons (Fsp3) is 0.562. The van der Waals surface area contributed by atoms with Crippen LogP contribution in [0.25, 0.3) is 11.0 Å². The van der Waals surface area contributed by atoms with Crippen LogP contribution in [-0.2, 0) is 32.6 Å². The molecule has 7 heteroatoms. The maximum Gasteiger partial charge on any atom is 0.316 e. The lowest BCUT2D eigenvalue weighted by Gasteiger charge is -2.32. The van der Waals surface area contributed by atoms with Gasteiger partial charge in [0.15, 0.2) is 0 Å². The van der Waals surface area contributed by atoms with E-state index in [0.717, 1.165) is 63.1 Å². The Balaban J connectivity index is 1.30. The molecule has 1 aliphatic heterocycles. The van der Waals surface area contributed by atoms with Gasteiger partial charge >= 0.3 is 5.97 Å². The van der Waals surface area contributed by atoms with Gasteiger partial charge < -0.3 is 24.7 Å². The highest BCUT2D eigenvalue weighted by Crippen LogP contribution is 2.31. The average molecular weight is 535 g/mol. The Morgan fingerprint density at radius 3 is 2.38 bits per heavy atom. The highest BCUT2D eigenvalue weighted by atomic mass is 16.5. The third kappa shape index (κ3) is 7.47. The lowest BCUT2D eigenvalue weighted by molar-refractivity contribution is -0.150. The maximum absolute atomic E-state index is 12.7. The SMILES string of the molecule is CCOCCn1c(C2CCN(CCc3ccc(C(C)(C)C(=O)OCC(C)(C)N)cc3)CC2)nc2ccccc21. The van der Waals surface area contributed by atoms with Crippen LogP contribution in [0.2, 0.25) is 0 Å². The number of carbonyl (C=O) groups excluding carboxylic acids is 1. The van der Waals surface area contributed by atoms with E-state index >= 15 is 0 Å². The number of hydrogen-bond donors (Lipinski definition) is 1. The highest BCUT2D eigenvalue weighted by Gasteiger charge is 2.32. The van der Waals surface area contributed by atoms with Crippen molar-refractivity contribution in [3.8, 4) is 0 Å². The normalized spacial score (nSPS) is 15.6. The molecule has 1 saturated heterocycles. The van der Waals surface area contributed by atoms with Crippen molar-refractivity contribution in [3.05, 3.63) is 65.5 Å². The Morgan fingerprint density at radius 1 is 1.03 bits per heavy atom. The molecule has 0 spiro atoms. The minimum Gasteiger partial charge on any atom is -0.463 e. The predicted octanol–water partition coefficient (Wildman–Crippen LogP) is 5.05. The molecule has 0 amide bonds. The summed E-state index contributed by atoms with van der Waals surface area (Å²) in [5, 5.41) is 0. The van der Waals surface area contributed by atoms with Crippen LogP contribution < -0.4 is 5.73 Å². The molecular formula is C32H46N4O3. The number of hydrogen-bond acceptors (Lipinski definition) is 6. The van der Waals surface area contributed by atoms with Crippen LogP contribution in [0.4, 0.5) is 0 Å². The smallest absolute Gasteiger partial charge is 0.316 e. The topological polar surface area (TPSA) is 82.6 Å². The average Bonchev–Trinajstić information content (AvgIpc) is 3.29. The van der Waals surface area contributed by atoms with E-state index in [1.807, 2.05) is 34.6 Å². The number of aromatic nitrogens is 2. The Kier molecular flexibility index (Phi) is 9.47. The Bertz CT molecular complexity index is 1220. The third-order valence-electron chi connectivity index (χ3n) is 7.78. The molecule has 1 aliphatic rings. The van der Waals surface area contributed by atoms with E-state index < -0.39 is 11.0 Å².